The number of rotatable bonds is 5. The Labute approximate surface area is 156 Å². The van der Waals surface area contributed by atoms with Crippen LogP contribution in [0.3, 0.4) is 0 Å². The molecule has 26 heavy (non-hydrogen) atoms. The number of hydrogen-bond acceptors (Lipinski definition) is 6. The molecule has 0 bridgehead atoms. The molecule has 3 N–H and O–H groups in total. The molecule has 1 amide bonds. The van der Waals surface area contributed by atoms with Crippen LogP contribution in [0.2, 0.25) is 0 Å². The normalized spacial score (nSPS) is 21.3. The molecular formula is C17H20N4O3S2. The van der Waals surface area contributed by atoms with E-state index in [1.54, 1.807) is 17.5 Å². The third-order valence-corrected chi connectivity index (χ3v) is 7.33. The van der Waals surface area contributed by atoms with Gasteiger partial charge in [0, 0.05) is 23.2 Å². The Bertz CT molecular complexity index is 906. The molecule has 4 rings (SSSR count). The van der Waals surface area contributed by atoms with Crippen molar-refractivity contribution in [2.75, 3.05) is 23.1 Å². The fraction of sp³-hybridized carbons (Fsp3) is 0.412. The summed E-state index contributed by atoms with van der Waals surface area (Å²) >= 11 is 1.21. The number of nitrogens with one attached hydrogen (secondary N) is 3. The second-order valence-corrected chi connectivity index (χ2v) is 9.41. The van der Waals surface area contributed by atoms with Crippen molar-refractivity contribution in [3.8, 4) is 0 Å². The molecule has 2 aromatic rings. The van der Waals surface area contributed by atoms with E-state index < -0.39 is 10.0 Å². The number of piperidine rings is 1. The molecule has 1 spiro atoms. The Morgan fingerprint density at radius 2 is 2.12 bits per heavy atom. The molecule has 1 saturated carbocycles. The summed E-state index contributed by atoms with van der Waals surface area (Å²) in [4.78, 5) is 16.6. The average Bonchev–Trinajstić information content (AvgIpc) is 3.07. The molecular weight excluding hydrogens is 372 g/mol. The van der Waals surface area contributed by atoms with Gasteiger partial charge >= 0.3 is 0 Å². The van der Waals surface area contributed by atoms with E-state index in [-0.39, 0.29) is 22.1 Å². The zero-order chi connectivity index (χ0) is 18.2. The van der Waals surface area contributed by atoms with E-state index in [2.05, 4.69) is 20.3 Å². The van der Waals surface area contributed by atoms with Crippen LogP contribution in [0.25, 0.3) is 0 Å². The zero-order valence-electron chi connectivity index (χ0n) is 14.1. The Morgan fingerprint density at radius 3 is 2.85 bits per heavy atom. The topological polar surface area (TPSA) is 100 Å². The largest absolute Gasteiger partial charge is 0.326 e. The van der Waals surface area contributed by atoms with E-state index in [1.165, 1.54) is 29.7 Å². The number of anilines is 2. The molecule has 1 aliphatic carbocycles. The lowest BCUT2D eigenvalue weighted by atomic mass is 9.92. The maximum atomic E-state index is 12.6. The van der Waals surface area contributed by atoms with Crippen molar-refractivity contribution in [1.82, 2.24) is 10.3 Å². The Hall–Kier alpha value is -1.97. The fourth-order valence-corrected chi connectivity index (χ4v) is 5.45. The van der Waals surface area contributed by atoms with Gasteiger partial charge in [0.2, 0.25) is 5.91 Å². The van der Waals surface area contributed by atoms with Gasteiger partial charge < -0.3 is 10.6 Å². The van der Waals surface area contributed by atoms with Gasteiger partial charge in [-0.1, -0.05) is 6.07 Å². The first-order valence-corrected chi connectivity index (χ1v) is 10.9. The van der Waals surface area contributed by atoms with Crippen LogP contribution in [0.15, 0.2) is 40.7 Å². The van der Waals surface area contributed by atoms with E-state index in [1.807, 2.05) is 0 Å². The van der Waals surface area contributed by atoms with Crippen LogP contribution in [-0.2, 0) is 14.8 Å². The van der Waals surface area contributed by atoms with Crippen molar-refractivity contribution in [3.05, 3.63) is 35.8 Å². The maximum Gasteiger partial charge on any atom is 0.263 e. The Morgan fingerprint density at radius 1 is 1.31 bits per heavy atom. The molecule has 1 aromatic heterocycles. The van der Waals surface area contributed by atoms with Gasteiger partial charge in [-0.05, 0) is 56.0 Å². The molecule has 1 aromatic carbocycles. The number of amides is 1. The van der Waals surface area contributed by atoms with Crippen LogP contribution in [0.5, 0.6) is 0 Å². The molecule has 9 heteroatoms. The van der Waals surface area contributed by atoms with Gasteiger partial charge in [0.05, 0.1) is 4.90 Å². The molecule has 1 saturated heterocycles. The first-order valence-electron chi connectivity index (χ1n) is 8.53. The van der Waals surface area contributed by atoms with Crippen molar-refractivity contribution in [2.45, 2.75) is 24.2 Å². The average molecular weight is 393 g/mol. The summed E-state index contributed by atoms with van der Waals surface area (Å²) < 4.78 is 27.4. The summed E-state index contributed by atoms with van der Waals surface area (Å²) in [5, 5.41) is 8.21. The van der Waals surface area contributed by atoms with Crippen molar-refractivity contribution < 1.29 is 13.2 Å². The lowest BCUT2D eigenvalue weighted by Crippen LogP contribution is -2.31. The summed E-state index contributed by atoms with van der Waals surface area (Å²) in [5.41, 5.74) is 0.638. The number of sulfonamides is 1. The van der Waals surface area contributed by atoms with Gasteiger partial charge in [-0.2, -0.15) is 0 Å². The van der Waals surface area contributed by atoms with Gasteiger partial charge in [0.15, 0.2) is 5.13 Å². The SMILES string of the molecule is O=C(Nc1cccc(S(=O)(=O)Nc2nccs2)c1)C1CC12CCNCC2. The summed E-state index contributed by atoms with van der Waals surface area (Å²) in [6.07, 6.45) is 4.50. The first kappa shape index (κ1) is 17.4. The second kappa shape index (κ2) is 6.64. The number of aromatic nitrogens is 1. The van der Waals surface area contributed by atoms with Crippen LogP contribution < -0.4 is 15.4 Å². The number of carbonyl (C=O) groups excluding carboxylic acids is 1. The van der Waals surface area contributed by atoms with Gasteiger partial charge in [-0.25, -0.2) is 13.4 Å². The third-order valence-electron chi connectivity index (χ3n) is 5.17. The highest BCUT2D eigenvalue weighted by Gasteiger charge is 2.57. The quantitative estimate of drug-likeness (QED) is 0.725. The predicted octanol–water partition coefficient (Wildman–Crippen LogP) is 2.27. The van der Waals surface area contributed by atoms with Crippen LogP contribution in [0.1, 0.15) is 19.3 Å². The molecule has 138 valence electrons. The maximum absolute atomic E-state index is 12.6. The Kier molecular flexibility index (Phi) is 4.45. The highest BCUT2D eigenvalue weighted by atomic mass is 32.2. The molecule has 2 aliphatic rings. The predicted molar refractivity (Wildman–Crippen MR) is 101 cm³/mol. The minimum Gasteiger partial charge on any atom is -0.326 e. The second-order valence-electron chi connectivity index (χ2n) is 6.83. The number of thiazole rings is 1. The molecule has 1 unspecified atom stereocenters. The van der Waals surface area contributed by atoms with Crippen molar-refractivity contribution >= 4 is 38.1 Å². The van der Waals surface area contributed by atoms with Crippen molar-refractivity contribution in [1.29, 1.82) is 0 Å². The minimum absolute atomic E-state index is 0.0191. The molecule has 7 nitrogen and oxygen atoms in total. The monoisotopic (exact) mass is 392 g/mol. The molecule has 2 heterocycles. The fourth-order valence-electron chi connectivity index (χ4n) is 3.61. The van der Waals surface area contributed by atoms with E-state index in [0.29, 0.717) is 10.8 Å². The summed E-state index contributed by atoms with van der Waals surface area (Å²) in [6.45, 7) is 1.92. The molecule has 2 fully saturated rings. The van der Waals surface area contributed by atoms with Crippen molar-refractivity contribution in [2.24, 2.45) is 11.3 Å². The summed E-state index contributed by atoms with van der Waals surface area (Å²) in [7, 11) is -3.73. The van der Waals surface area contributed by atoms with Gasteiger partial charge in [-0.15, -0.1) is 11.3 Å². The van der Waals surface area contributed by atoms with E-state index in [4.69, 9.17) is 0 Å². The van der Waals surface area contributed by atoms with Gasteiger partial charge in [0.25, 0.3) is 10.0 Å². The highest BCUT2D eigenvalue weighted by Crippen LogP contribution is 2.58. The number of benzene rings is 1. The van der Waals surface area contributed by atoms with Gasteiger partial charge in [0.1, 0.15) is 0 Å². The molecule has 1 aliphatic heterocycles. The van der Waals surface area contributed by atoms with Crippen LogP contribution in [0, 0.1) is 11.3 Å². The van der Waals surface area contributed by atoms with Crippen LogP contribution in [-0.4, -0.2) is 32.4 Å². The van der Waals surface area contributed by atoms with Crippen molar-refractivity contribution in [3.63, 3.8) is 0 Å². The third kappa shape index (κ3) is 3.46. The van der Waals surface area contributed by atoms with E-state index in [9.17, 15) is 13.2 Å². The smallest absolute Gasteiger partial charge is 0.263 e. The molecule has 1 atom stereocenters. The minimum atomic E-state index is -3.73. The van der Waals surface area contributed by atoms with Crippen LogP contribution >= 0.6 is 11.3 Å². The molecule has 0 radical (unpaired) electrons. The summed E-state index contributed by atoms with van der Waals surface area (Å²) in [6, 6.07) is 6.30. The number of nitrogens with zero attached hydrogens (tertiary/aromatic N) is 1. The van der Waals surface area contributed by atoms with E-state index in [0.717, 1.165) is 32.4 Å². The summed E-state index contributed by atoms with van der Waals surface area (Å²) in [5.74, 6) is 0.00707. The Balaban J connectivity index is 1.45. The highest BCUT2D eigenvalue weighted by molar-refractivity contribution is 7.93. The zero-order valence-corrected chi connectivity index (χ0v) is 15.7. The number of carbonyl (C=O) groups is 1. The lowest BCUT2D eigenvalue weighted by molar-refractivity contribution is -0.118. The standard InChI is InChI=1S/C17H20N4O3S2/c22-15(14-11-17(14)4-6-18-7-5-17)20-12-2-1-3-13(10-12)26(23,24)21-16-19-8-9-25-16/h1-3,8-10,14,18H,4-7,11H2,(H,19,21)(H,20,22). The van der Waals surface area contributed by atoms with E-state index >= 15 is 0 Å². The van der Waals surface area contributed by atoms with Gasteiger partial charge in [-0.3, -0.25) is 9.52 Å². The first-order chi connectivity index (χ1) is 12.5. The number of hydrogen-bond donors (Lipinski definition) is 3. The van der Waals surface area contributed by atoms with Crippen LogP contribution in [0.4, 0.5) is 10.8 Å². The lowest BCUT2D eigenvalue weighted by Gasteiger charge is -2.23.